The Bertz CT molecular complexity index is 1170. The second-order valence-corrected chi connectivity index (χ2v) is 12.3. The molecule has 11 atom stereocenters. The summed E-state index contributed by atoms with van der Waals surface area (Å²) in [6.07, 6.45) is 5.60. The molecule has 5 bridgehead atoms. The average Bonchev–Trinajstić information content (AvgIpc) is 3.32. The number of fused-ring (bicyclic) bond motifs is 2. The van der Waals surface area contributed by atoms with E-state index in [0.29, 0.717) is 29.6 Å². The summed E-state index contributed by atoms with van der Waals surface area (Å²) in [4.78, 5) is 29.9. The van der Waals surface area contributed by atoms with E-state index in [9.17, 15) is 14.7 Å². The molecule has 1 spiro atoms. The van der Waals surface area contributed by atoms with Crippen molar-refractivity contribution < 1.29 is 28.9 Å². The van der Waals surface area contributed by atoms with Crippen LogP contribution in [0.1, 0.15) is 62.2 Å². The van der Waals surface area contributed by atoms with Gasteiger partial charge < -0.3 is 19.3 Å². The van der Waals surface area contributed by atoms with Crippen molar-refractivity contribution in [3.8, 4) is 0 Å². The van der Waals surface area contributed by atoms with Crippen LogP contribution >= 0.6 is 0 Å². The van der Waals surface area contributed by atoms with Crippen LogP contribution in [0.15, 0.2) is 41.5 Å². The number of carbonyl (C=O) groups is 2. The molecule has 0 aromatic heterocycles. The van der Waals surface area contributed by atoms with E-state index in [2.05, 4.69) is 11.8 Å². The third kappa shape index (κ3) is 2.83. The Kier molecular flexibility index (Phi) is 5.25. The summed E-state index contributed by atoms with van der Waals surface area (Å²) in [7, 11) is 3.11. The molecule has 37 heavy (non-hydrogen) atoms. The summed E-state index contributed by atoms with van der Waals surface area (Å²) in [6.45, 7) is 2.31. The predicted octanol–water partition coefficient (Wildman–Crippen LogP) is 3.50. The van der Waals surface area contributed by atoms with E-state index in [1.54, 1.807) is 31.4 Å². The SMILES string of the molecule is COC(=O)C1=C2[C@@]3([C@H]4C[C@@H]5[C@@H](CC[C@@H](C)N53)[C@]2(O)C4)[C@H]2CCC[C@@H](OC)[C@@H]2[C@H]1OC(=O)c1ccccc1. The third-order valence-corrected chi connectivity index (χ3v) is 11.1. The fourth-order valence-corrected chi connectivity index (χ4v) is 10.2. The van der Waals surface area contributed by atoms with Crippen molar-refractivity contribution in [2.24, 2.45) is 23.7 Å². The maximum absolute atomic E-state index is 13.8. The van der Waals surface area contributed by atoms with Gasteiger partial charge in [-0.3, -0.25) is 4.90 Å². The first-order valence-corrected chi connectivity index (χ1v) is 14.0. The van der Waals surface area contributed by atoms with Crippen LogP contribution in [0.2, 0.25) is 0 Å². The van der Waals surface area contributed by atoms with E-state index in [1.807, 2.05) is 6.07 Å². The molecular formula is C30H37NO6. The number of ether oxygens (including phenoxy) is 3. The average molecular weight is 508 g/mol. The van der Waals surface area contributed by atoms with Gasteiger partial charge >= 0.3 is 11.9 Å². The number of aliphatic hydroxyl groups is 1. The van der Waals surface area contributed by atoms with Crippen LogP contribution in [0.5, 0.6) is 0 Å². The van der Waals surface area contributed by atoms with Crippen molar-refractivity contribution in [3.63, 3.8) is 0 Å². The minimum atomic E-state index is -1.06. The van der Waals surface area contributed by atoms with Crippen molar-refractivity contribution in [1.82, 2.24) is 4.90 Å². The van der Waals surface area contributed by atoms with E-state index in [1.165, 1.54) is 7.11 Å². The summed E-state index contributed by atoms with van der Waals surface area (Å²) in [5.41, 5.74) is 0.185. The maximum Gasteiger partial charge on any atom is 0.338 e. The first-order chi connectivity index (χ1) is 17.9. The van der Waals surface area contributed by atoms with Gasteiger partial charge in [-0.25, -0.2) is 9.59 Å². The Morgan fingerprint density at radius 2 is 1.81 bits per heavy atom. The summed E-state index contributed by atoms with van der Waals surface area (Å²) < 4.78 is 17.8. The highest BCUT2D eigenvalue weighted by molar-refractivity contribution is 5.95. The second kappa shape index (κ2) is 8.14. The smallest absolute Gasteiger partial charge is 0.338 e. The monoisotopic (exact) mass is 507 g/mol. The standard InChI is InChI=1S/C30H37NO6/c1-16-12-13-19-21-14-18-15-29(19,34)26-24(28(33)36-3)25(37-27(32)17-8-5-4-6-9-17)23-20(30(18,26)31(16)21)10-7-11-22(23)35-2/h4-6,8-9,16,18-23,25,34H,7,10-15H2,1-3H3/t16-,18+,19-,20+,21-,22-,23-,25-,29-,30-/m1/s1. The molecule has 0 amide bonds. The Hall–Kier alpha value is -2.22. The summed E-state index contributed by atoms with van der Waals surface area (Å²) >= 11 is 0. The number of hydrogen-bond acceptors (Lipinski definition) is 7. The zero-order valence-electron chi connectivity index (χ0n) is 21.9. The van der Waals surface area contributed by atoms with Crippen LogP contribution < -0.4 is 0 Å². The summed E-state index contributed by atoms with van der Waals surface area (Å²) in [5.74, 6) is -0.629. The van der Waals surface area contributed by atoms with Crippen molar-refractivity contribution >= 4 is 11.9 Å². The lowest BCUT2D eigenvalue weighted by Crippen LogP contribution is -2.73. The maximum atomic E-state index is 13.8. The highest BCUT2D eigenvalue weighted by Gasteiger charge is 2.81. The van der Waals surface area contributed by atoms with Gasteiger partial charge in [-0.2, -0.15) is 0 Å². The number of rotatable bonds is 4. The molecule has 1 aromatic carbocycles. The zero-order chi connectivity index (χ0) is 25.7. The normalized spacial score (nSPS) is 46.9. The fraction of sp³-hybridized carbons (Fsp3) is 0.667. The number of nitrogens with zero attached hydrogens (tertiary/aromatic N) is 1. The van der Waals surface area contributed by atoms with Gasteiger partial charge in [0.2, 0.25) is 0 Å². The Labute approximate surface area is 218 Å². The molecule has 7 rings (SSSR count). The van der Waals surface area contributed by atoms with Crippen LogP contribution in [0.25, 0.3) is 0 Å². The molecule has 1 N–H and O–H groups in total. The minimum Gasteiger partial charge on any atom is -0.466 e. The molecule has 3 saturated heterocycles. The van der Waals surface area contributed by atoms with Crippen LogP contribution in [-0.4, -0.2) is 71.6 Å². The van der Waals surface area contributed by atoms with Gasteiger partial charge in [0.1, 0.15) is 6.10 Å². The van der Waals surface area contributed by atoms with Crippen LogP contribution in [0.3, 0.4) is 0 Å². The summed E-state index contributed by atoms with van der Waals surface area (Å²) in [5, 5.41) is 12.5. The minimum absolute atomic E-state index is 0.0917. The quantitative estimate of drug-likeness (QED) is 0.625. The van der Waals surface area contributed by atoms with Crippen LogP contribution in [0, 0.1) is 23.7 Å². The number of benzene rings is 1. The number of hydrogen-bond donors (Lipinski definition) is 1. The number of piperidine rings is 2. The van der Waals surface area contributed by atoms with Crippen molar-refractivity contribution in [1.29, 1.82) is 0 Å². The molecule has 1 aromatic rings. The number of methoxy groups -OCH3 is 2. The molecule has 3 aliphatic heterocycles. The van der Waals surface area contributed by atoms with Crippen molar-refractivity contribution in [3.05, 3.63) is 47.0 Å². The lowest BCUT2D eigenvalue weighted by atomic mass is 9.53. The molecule has 1 unspecified atom stereocenters. The zero-order valence-corrected chi connectivity index (χ0v) is 21.9. The molecule has 198 valence electrons. The lowest BCUT2D eigenvalue weighted by Gasteiger charge is -2.65. The first-order valence-electron chi connectivity index (χ1n) is 14.0. The van der Waals surface area contributed by atoms with Gasteiger partial charge in [0, 0.05) is 31.0 Å². The van der Waals surface area contributed by atoms with Gasteiger partial charge in [0.15, 0.2) is 0 Å². The van der Waals surface area contributed by atoms with Gasteiger partial charge in [0.25, 0.3) is 0 Å². The number of carbonyl (C=O) groups excluding carboxylic acids is 2. The largest absolute Gasteiger partial charge is 0.466 e. The Morgan fingerprint density at radius 1 is 1.03 bits per heavy atom. The third-order valence-electron chi connectivity index (χ3n) is 11.1. The van der Waals surface area contributed by atoms with E-state index in [-0.39, 0.29) is 29.8 Å². The van der Waals surface area contributed by atoms with Crippen LogP contribution in [-0.2, 0) is 19.0 Å². The molecule has 3 heterocycles. The van der Waals surface area contributed by atoms with Gasteiger partial charge in [0.05, 0.1) is 35.5 Å². The Balaban J connectivity index is 1.48. The molecule has 2 saturated carbocycles. The first kappa shape index (κ1) is 23.9. The van der Waals surface area contributed by atoms with Crippen molar-refractivity contribution in [2.45, 2.75) is 87.3 Å². The van der Waals surface area contributed by atoms with E-state index >= 15 is 0 Å². The van der Waals surface area contributed by atoms with Gasteiger partial charge in [-0.1, -0.05) is 24.6 Å². The molecule has 7 nitrogen and oxygen atoms in total. The van der Waals surface area contributed by atoms with Gasteiger partial charge in [-0.15, -0.1) is 0 Å². The molecule has 3 aliphatic carbocycles. The van der Waals surface area contributed by atoms with Gasteiger partial charge in [-0.05, 0) is 75.0 Å². The predicted molar refractivity (Wildman–Crippen MR) is 135 cm³/mol. The Morgan fingerprint density at radius 3 is 2.54 bits per heavy atom. The summed E-state index contributed by atoms with van der Waals surface area (Å²) in [6, 6.07) is 9.64. The molecular weight excluding hydrogens is 470 g/mol. The highest BCUT2D eigenvalue weighted by Crippen LogP contribution is 2.75. The lowest BCUT2D eigenvalue weighted by molar-refractivity contribution is -0.164. The molecule has 7 heteroatoms. The number of esters is 2. The topological polar surface area (TPSA) is 85.3 Å². The molecule has 6 aliphatic rings. The van der Waals surface area contributed by atoms with E-state index in [4.69, 9.17) is 14.2 Å². The van der Waals surface area contributed by atoms with Crippen LogP contribution in [0.4, 0.5) is 0 Å². The fourth-order valence-electron chi connectivity index (χ4n) is 10.2. The highest BCUT2D eigenvalue weighted by atomic mass is 16.6. The van der Waals surface area contributed by atoms with E-state index in [0.717, 1.165) is 44.1 Å². The molecule has 0 radical (unpaired) electrons. The second-order valence-electron chi connectivity index (χ2n) is 12.3. The molecule has 5 fully saturated rings. The van der Waals surface area contributed by atoms with E-state index < -0.39 is 29.2 Å². The van der Waals surface area contributed by atoms with Crippen molar-refractivity contribution in [2.75, 3.05) is 14.2 Å².